The lowest BCUT2D eigenvalue weighted by atomic mass is 10.2. The van der Waals surface area contributed by atoms with E-state index in [2.05, 4.69) is 194 Å². The number of hydrogen-bond donors (Lipinski definition) is 0. The highest BCUT2D eigenvalue weighted by Gasteiger charge is 2.03. The van der Waals surface area contributed by atoms with Gasteiger partial charge in [-0.2, -0.15) is 0 Å². The first-order chi connectivity index (χ1) is 25.9. The standard InChI is InChI=1S/C16H21N.2C15H17N.2C2H6/c1-4-6-10-15(5-2)13-17(3)14-16-11-8-7-9-12-16;2*1-16(12-14-8-4-2-5-9-14)13-15-10-6-3-7-11-15;2*1-2/h4-12H,2,13-14H2,1,3H3;2*2-11H,12-13H2,1H3;2*1-2H3/b6-4-,15-10+;;;;. The summed E-state index contributed by atoms with van der Waals surface area (Å²) in [6.07, 6.45) is 8.10. The number of rotatable bonds is 14. The Balaban J connectivity index is 0.000000379. The maximum Gasteiger partial charge on any atom is 0.0234 e. The van der Waals surface area contributed by atoms with Gasteiger partial charge in [0.2, 0.25) is 0 Å². The molecule has 0 aliphatic rings. The molecule has 0 saturated heterocycles. The topological polar surface area (TPSA) is 9.72 Å². The fourth-order valence-electron chi connectivity index (χ4n) is 5.36. The quantitative estimate of drug-likeness (QED) is 0.106. The summed E-state index contributed by atoms with van der Waals surface area (Å²) in [5, 5.41) is 0. The minimum atomic E-state index is 0.919. The molecule has 5 aromatic carbocycles. The third-order valence-corrected chi connectivity index (χ3v) is 7.69. The molecule has 0 atom stereocenters. The largest absolute Gasteiger partial charge is 0.298 e. The number of likely N-dealkylation sites (N-methyl/N-ethyl adjacent to an activating group) is 1. The Morgan fingerprint density at radius 2 is 0.679 bits per heavy atom. The van der Waals surface area contributed by atoms with E-state index in [1.807, 2.05) is 58.9 Å². The minimum absolute atomic E-state index is 0.919. The minimum Gasteiger partial charge on any atom is -0.298 e. The van der Waals surface area contributed by atoms with Gasteiger partial charge < -0.3 is 0 Å². The molecule has 0 aromatic heterocycles. The van der Waals surface area contributed by atoms with Gasteiger partial charge >= 0.3 is 0 Å². The fraction of sp³-hybridized carbons (Fsp3) is 0.280. The number of benzene rings is 5. The van der Waals surface area contributed by atoms with E-state index in [4.69, 9.17) is 0 Å². The normalized spacial score (nSPS) is 10.6. The molecule has 53 heavy (non-hydrogen) atoms. The van der Waals surface area contributed by atoms with Gasteiger partial charge in [-0.05, 0) is 61.5 Å². The molecule has 0 fully saturated rings. The van der Waals surface area contributed by atoms with Gasteiger partial charge in [0.05, 0.1) is 0 Å². The van der Waals surface area contributed by atoms with Crippen molar-refractivity contribution in [2.24, 2.45) is 0 Å². The molecular formula is C50H67N3. The number of hydrogen-bond acceptors (Lipinski definition) is 3. The van der Waals surface area contributed by atoms with Gasteiger partial charge in [0.25, 0.3) is 0 Å². The van der Waals surface area contributed by atoms with Crippen molar-refractivity contribution in [3.63, 3.8) is 0 Å². The van der Waals surface area contributed by atoms with E-state index in [0.717, 1.165) is 39.3 Å². The summed E-state index contributed by atoms with van der Waals surface area (Å²) in [6.45, 7) is 19.7. The van der Waals surface area contributed by atoms with Gasteiger partial charge in [0.15, 0.2) is 0 Å². The second-order valence-electron chi connectivity index (χ2n) is 12.4. The summed E-state index contributed by atoms with van der Waals surface area (Å²) >= 11 is 0. The van der Waals surface area contributed by atoms with Crippen molar-refractivity contribution in [1.29, 1.82) is 0 Å². The molecule has 0 aliphatic carbocycles. The zero-order valence-electron chi connectivity index (χ0n) is 34.0. The van der Waals surface area contributed by atoms with Crippen LogP contribution in [0.4, 0.5) is 0 Å². The molecule has 5 rings (SSSR count). The highest BCUT2D eigenvalue weighted by molar-refractivity contribution is 5.24. The molecule has 3 heteroatoms. The Kier molecular flexibility index (Phi) is 26.9. The van der Waals surface area contributed by atoms with Gasteiger partial charge in [-0.25, -0.2) is 0 Å². The first-order valence-corrected chi connectivity index (χ1v) is 19.1. The third kappa shape index (κ3) is 22.7. The Labute approximate surface area is 324 Å². The van der Waals surface area contributed by atoms with Crippen LogP contribution in [0.5, 0.6) is 0 Å². The van der Waals surface area contributed by atoms with Gasteiger partial charge in [-0.1, -0.05) is 210 Å². The van der Waals surface area contributed by atoms with Crippen molar-refractivity contribution in [2.75, 3.05) is 27.7 Å². The van der Waals surface area contributed by atoms with Crippen LogP contribution in [0.15, 0.2) is 188 Å². The van der Waals surface area contributed by atoms with E-state index < -0.39 is 0 Å². The lowest BCUT2D eigenvalue weighted by Gasteiger charge is -2.17. The Morgan fingerprint density at radius 3 is 0.906 bits per heavy atom. The summed E-state index contributed by atoms with van der Waals surface area (Å²) < 4.78 is 0. The van der Waals surface area contributed by atoms with Crippen molar-refractivity contribution in [2.45, 2.75) is 67.3 Å². The molecule has 0 heterocycles. The lowest BCUT2D eigenvalue weighted by Crippen LogP contribution is -2.20. The van der Waals surface area contributed by atoms with Gasteiger partial charge in [0.1, 0.15) is 0 Å². The summed E-state index contributed by atoms with van der Waals surface area (Å²) in [5.74, 6) is 0. The van der Waals surface area contributed by atoms with Crippen LogP contribution in [0, 0.1) is 0 Å². The SMILES string of the molecule is C=C/C(=C\C=C/C)CN(C)Cc1ccccc1.CC.CC.CN(Cc1ccccc1)Cc1ccccc1.CN(Cc1ccccc1)Cc1ccccc1. The van der Waals surface area contributed by atoms with Crippen LogP contribution >= 0.6 is 0 Å². The Morgan fingerprint density at radius 1 is 0.434 bits per heavy atom. The average Bonchev–Trinajstić information content (AvgIpc) is 3.20. The van der Waals surface area contributed by atoms with Crippen LogP contribution in [0.2, 0.25) is 0 Å². The monoisotopic (exact) mass is 710 g/mol. The first kappa shape index (κ1) is 46.2. The number of allylic oxidation sites excluding steroid dienone is 3. The second kappa shape index (κ2) is 30.8. The van der Waals surface area contributed by atoms with Crippen molar-refractivity contribution in [3.05, 3.63) is 216 Å². The van der Waals surface area contributed by atoms with E-state index in [-0.39, 0.29) is 0 Å². The molecule has 3 nitrogen and oxygen atoms in total. The highest BCUT2D eigenvalue weighted by Crippen LogP contribution is 2.09. The summed E-state index contributed by atoms with van der Waals surface area (Å²) in [6, 6.07) is 52.8. The molecule has 0 radical (unpaired) electrons. The van der Waals surface area contributed by atoms with E-state index in [1.165, 1.54) is 33.4 Å². The smallest absolute Gasteiger partial charge is 0.0234 e. The zero-order chi connectivity index (χ0) is 38.9. The van der Waals surface area contributed by atoms with Crippen LogP contribution < -0.4 is 0 Å². The number of nitrogens with zero attached hydrogens (tertiary/aromatic N) is 3. The summed E-state index contributed by atoms with van der Waals surface area (Å²) in [7, 11) is 6.43. The third-order valence-electron chi connectivity index (χ3n) is 7.69. The molecule has 5 aromatic rings. The molecule has 0 saturated carbocycles. The second-order valence-corrected chi connectivity index (χ2v) is 12.4. The Bertz CT molecular complexity index is 1430. The molecule has 0 aliphatic heterocycles. The molecule has 282 valence electrons. The molecule has 0 amide bonds. The molecule has 0 spiro atoms. The van der Waals surface area contributed by atoms with Crippen LogP contribution in [0.1, 0.15) is 62.4 Å². The molecule has 0 unspecified atom stereocenters. The van der Waals surface area contributed by atoms with Crippen LogP contribution in [0.3, 0.4) is 0 Å². The summed E-state index contributed by atoms with van der Waals surface area (Å²) in [5.41, 5.74) is 8.02. The zero-order valence-corrected chi connectivity index (χ0v) is 34.0. The predicted molar refractivity (Wildman–Crippen MR) is 235 cm³/mol. The van der Waals surface area contributed by atoms with Gasteiger partial charge in [-0.15, -0.1) is 0 Å². The maximum atomic E-state index is 3.85. The fourth-order valence-corrected chi connectivity index (χ4v) is 5.36. The van der Waals surface area contributed by atoms with Crippen LogP contribution in [-0.2, 0) is 32.7 Å². The van der Waals surface area contributed by atoms with Crippen LogP contribution in [0.25, 0.3) is 0 Å². The predicted octanol–water partition coefficient (Wildman–Crippen LogP) is 12.5. The summed E-state index contributed by atoms with van der Waals surface area (Å²) in [4.78, 5) is 6.93. The van der Waals surface area contributed by atoms with Crippen LogP contribution in [-0.4, -0.2) is 42.4 Å². The van der Waals surface area contributed by atoms with Gasteiger partial charge in [-0.3, -0.25) is 14.7 Å². The van der Waals surface area contributed by atoms with E-state index in [0.29, 0.717) is 0 Å². The van der Waals surface area contributed by atoms with Crippen molar-refractivity contribution in [1.82, 2.24) is 14.7 Å². The molecule has 0 bridgehead atoms. The maximum absolute atomic E-state index is 3.85. The molecule has 0 N–H and O–H groups in total. The van der Waals surface area contributed by atoms with E-state index in [1.54, 1.807) is 0 Å². The first-order valence-electron chi connectivity index (χ1n) is 19.1. The van der Waals surface area contributed by atoms with E-state index >= 15 is 0 Å². The van der Waals surface area contributed by atoms with Crippen molar-refractivity contribution < 1.29 is 0 Å². The highest BCUT2D eigenvalue weighted by atomic mass is 15.1. The van der Waals surface area contributed by atoms with Gasteiger partial charge in [0, 0.05) is 39.3 Å². The average molecular weight is 710 g/mol. The Hall–Kier alpha value is -4.80. The van der Waals surface area contributed by atoms with Crippen molar-refractivity contribution in [3.8, 4) is 0 Å². The van der Waals surface area contributed by atoms with E-state index in [9.17, 15) is 0 Å². The van der Waals surface area contributed by atoms with Crippen molar-refractivity contribution >= 4 is 0 Å². The lowest BCUT2D eigenvalue weighted by molar-refractivity contribution is 0.319. The molecular weight excluding hydrogens is 643 g/mol.